The fourth-order valence-corrected chi connectivity index (χ4v) is 1.78. The first-order valence-electron chi connectivity index (χ1n) is 6.12. The lowest BCUT2D eigenvalue weighted by Gasteiger charge is -2.13. The van der Waals surface area contributed by atoms with Crippen LogP contribution in [0.3, 0.4) is 0 Å². The molecule has 0 spiro atoms. The lowest BCUT2D eigenvalue weighted by molar-refractivity contribution is -0.143. The SMILES string of the molecule is C=CCN1C(=O)C(=O)N(CC(=O)NCc2ccco2)C1=O. The number of amides is 5. The van der Waals surface area contributed by atoms with Gasteiger partial charge < -0.3 is 9.73 Å². The lowest BCUT2D eigenvalue weighted by atomic mass is 10.4. The Bertz CT molecular complexity index is 593. The lowest BCUT2D eigenvalue weighted by Crippen LogP contribution is -2.41. The van der Waals surface area contributed by atoms with Crippen LogP contribution in [0, 0.1) is 0 Å². The molecule has 0 unspecified atom stereocenters. The van der Waals surface area contributed by atoms with E-state index >= 15 is 0 Å². The Kier molecular flexibility index (Phi) is 4.17. The van der Waals surface area contributed by atoms with E-state index in [4.69, 9.17) is 4.42 Å². The van der Waals surface area contributed by atoms with Crippen LogP contribution in [0.2, 0.25) is 0 Å². The van der Waals surface area contributed by atoms with Crippen LogP contribution < -0.4 is 5.32 Å². The second-order valence-corrected chi connectivity index (χ2v) is 4.23. The van der Waals surface area contributed by atoms with Crippen molar-refractivity contribution in [1.29, 1.82) is 0 Å². The van der Waals surface area contributed by atoms with Crippen LogP contribution in [0.4, 0.5) is 4.79 Å². The normalized spacial score (nSPS) is 14.8. The Morgan fingerprint density at radius 1 is 1.29 bits per heavy atom. The maximum Gasteiger partial charge on any atom is 0.335 e. The quantitative estimate of drug-likeness (QED) is 0.447. The Balaban J connectivity index is 1.94. The molecule has 110 valence electrons. The molecule has 0 atom stereocenters. The summed E-state index contributed by atoms with van der Waals surface area (Å²) in [5.74, 6) is -2.01. The summed E-state index contributed by atoms with van der Waals surface area (Å²) in [5.41, 5.74) is 0. The van der Waals surface area contributed by atoms with E-state index in [-0.39, 0.29) is 13.1 Å². The third-order valence-electron chi connectivity index (χ3n) is 2.79. The van der Waals surface area contributed by atoms with E-state index in [1.54, 1.807) is 12.1 Å². The molecule has 1 N–H and O–H groups in total. The summed E-state index contributed by atoms with van der Waals surface area (Å²) in [6, 6.07) is 2.51. The molecule has 1 saturated heterocycles. The summed E-state index contributed by atoms with van der Waals surface area (Å²) in [5, 5.41) is 2.49. The molecule has 1 aliphatic rings. The van der Waals surface area contributed by atoms with Gasteiger partial charge in [0.15, 0.2) is 0 Å². The Morgan fingerprint density at radius 2 is 2.00 bits per heavy atom. The van der Waals surface area contributed by atoms with Crippen LogP contribution in [0.1, 0.15) is 5.76 Å². The van der Waals surface area contributed by atoms with Crippen molar-refractivity contribution in [2.24, 2.45) is 0 Å². The Hall–Kier alpha value is -2.90. The van der Waals surface area contributed by atoms with E-state index < -0.39 is 30.3 Å². The van der Waals surface area contributed by atoms with Gasteiger partial charge in [-0.1, -0.05) is 6.08 Å². The molecule has 1 aromatic heterocycles. The van der Waals surface area contributed by atoms with Gasteiger partial charge in [-0.25, -0.2) is 9.69 Å². The van der Waals surface area contributed by atoms with Gasteiger partial charge in [-0.3, -0.25) is 19.3 Å². The minimum Gasteiger partial charge on any atom is -0.467 e. The molecule has 0 saturated carbocycles. The van der Waals surface area contributed by atoms with Crippen molar-refractivity contribution in [2.75, 3.05) is 13.1 Å². The van der Waals surface area contributed by atoms with Gasteiger partial charge in [0.05, 0.1) is 12.8 Å². The highest BCUT2D eigenvalue weighted by Crippen LogP contribution is 2.11. The standard InChI is InChI=1S/C13H13N3O5/c1-2-5-15-11(18)12(19)16(13(15)20)8-10(17)14-7-9-4-3-6-21-9/h2-4,6H,1,5,7-8H2,(H,14,17). The predicted molar refractivity (Wildman–Crippen MR) is 69.6 cm³/mol. The molecule has 2 heterocycles. The summed E-state index contributed by atoms with van der Waals surface area (Å²) in [4.78, 5) is 48.1. The zero-order valence-electron chi connectivity index (χ0n) is 11.1. The van der Waals surface area contributed by atoms with Crippen molar-refractivity contribution in [2.45, 2.75) is 6.54 Å². The minimum absolute atomic E-state index is 0.0755. The topological polar surface area (TPSA) is 99.9 Å². The zero-order valence-corrected chi connectivity index (χ0v) is 11.1. The molecule has 8 heteroatoms. The van der Waals surface area contributed by atoms with Gasteiger partial charge in [-0.15, -0.1) is 6.58 Å². The van der Waals surface area contributed by atoms with Crippen LogP contribution in [0.15, 0.2) is 35.5 Å². The van der Waals surface area contributed by atoms with Crippen LogP contribution >= 0.6 is 0 Å². The maximum atomic E-state index is 11.8. The third kappa shape index (κ3) is 2.99. The van der Waals surface area contributed by atoms with E-state index in [1.807, 2.05) is 0 Å². The first-order valence-corrected chi connectivity index (χ1v) is 6.12. The van der Waals surface area contributed by atoms with E-state index in [2.05, 4.69) is 11.9 Å². The van der Waals surface area contributed by atoms with Crippen molar-refractivity contribution < 1.29 is 23.6 Å². The van der Waals surface area contributed by atoms with E-state index in [0.29, 0.717) is 10.7 Å². The van der Waals surface area contributed by atoms with Gasteiger partial charge in [-0.05, 0) is 12.1 Å². The molecule has 2 rings (SSSR count). The van der Waals surface area contributed by atoms with Crippen LogP contribution in [-0.2, 0) is 20.9 Å². The van der Waals surface area contributed by atoms with Gasteiger partial charge in [0, 0.05) is 6.54 Å². The summed E-state index contributed by atoms with van der Waals surface area (Å²) in [6.07, 6.45) is 2.78. The molecule has 1 aliphatic heterocycles. The number of rotatable bonds is 6. The number of hydrogen-bond donors (Lipinski definition) is 1. The van der Waals surface area contributed by atoms with Crippen molar-refractivity contribution in [1.82, 2.24) is 15.1 Å². The fraction of sp³-hybridized carbons (Fsp3) is 0.231. The predicted octanol–water partition coefficient (Wildman–Crippen LogP) is -0.127. The molecular weight excluding hydrogens is 278 g/mol. The molecule has 5 amide bonds. The van der Waals surface area contributed by atoms with E-state index in [0.717, 1.165) is 4.90 Å². The van der Waals surface area contributed by atoms with Gasteiger partial charge in [0.2, 0.25) is 5.91 Å². The number of imide groups is 2. The Labute approximate surface area is 120 Å². The molecule has 0 radical (unpaired) electrons. The molecule has 0 bridgehead atoms. The fourth-order valence-electron chi connectivity index (χ4n) is 1.78. The highest BCUT2D eigenvalue weighted by molar-refractivity contribution is 6.45. The molecule has 8 nitrogen and oxygen atoms in total. The third-order valence-corrected chi connectivity index (χ3v) is 2.79. The Morgan fingerprint density at radius 3 is 2.62 bits per heavy atom. The average Bonchev–Trinajstić information content (AvgIpc) is 3.04. The van der Waals surface area contributed by atoms with Gasteiger partial charge in [0.1, 0.15) is 12.3 Å². The maximum absolute atomic E-state index is 11.8. The second-order valence-electron chi connectivity index (χ2n) is 4.23. The number of furan rings is 1. The molecule has 1 aromatic rings. The number of nitrogens with one attached hydrogen (secondary N) is 1. The van der Waals surface area contributed by atoms with Gasteiger partial charge in [0.25, 0.3) is 0 Å². The molecule has 0 aromatic carbocycles. The van der Waals surface area contributed by atoms with Gasteiger partial charge >= 0.3 is 17.8 Å². The second kappa shape index (κ2) is 6.04. The highest BCUT2D eigenvalue weighted by Gasteiger charge is 2.44. The van der Waals surface area contributed by atoms with Crippen molar-refractivity contribution in [3.05, 3.63) is 36.8 Å². The number of carbonyl (C=O) groups excluding carboxylic acids is 4. The van der Waals surface area contributed by atoms with Crippen molar-refractivity contribution in [3.8, 4) is 0 Å². The number of nitrogens with zero attached hydrogens (tertiary/aromatic N) is 2. The number of urea groups is 1. The summed E-state index contributed by atoms with van der Waals surface area (Å²) in [6.45, 7) is 2.94. The first-order chi connectivity index (χ1) is 10.0. The zero-order chi connectivity index (χ0) is 15.4. The largest absolute Gasteiger partial charge is 0.467 e. The van der Waals surface area contributed by atoms with E-state index in [1.165, 1.54) is 12.3 Å². The first kappa shape index (κ1) is 14.5. The number of hydrogen-bond acceptors (Lipinski definition) is 5. The average molecular weight is 291 g/mol. The summed E-state index contributed by atoms with van der Waals surface area (Å²) in [7, 11) is 0. The summed E-state index contributed by atoms with van der Waals surface area (Å²) >= 11 is 0. The van der Waals surface area contributed by atoms with Crippen LogP contribution in [-0.4, -0.2) is 46.6 Å². The molecular formula is C13H13N3O5. The monoisotopic (exact) mass is 291 g/mol. The van der Waals surface area contributed by atoms with Crippen LogP contribution in [0.5, 0.6) is 0 Å². The highest BCUT2D eigenvalue weighted by atomic mass is 16.3. The van der Waals surface area contributed by atoms with E-state index in [9.17, 15) is 19.2 Å². The van der Waals surface area contributed by atoms with Gasteiger partial charge in [-0.2, -0.15) is 0 Å². The van der Waals surface area contributed by atoms with Crippen molar-refractivity contribution >= 4 is 23.8 Å². The smallest absolute Gasteiger partial charge is 0.335 e. The molecule has 1 fully saturated rings. The molecule has 21 heavy (non-hydrogen) atoms. The van der Waals surface area contributed by atoms with Crippen molar-refractivity contribution in [3.63, 3.8) is 0 Å². The minimum atomic E-state index is -1.02. The summed E-state index contributed by atoms with van der Waals surface area (Å²) < 4.78 is 5.03. The molecule has 0 aliphatic carbocycles. The number of carbonyl (C=O) groups is 4. The van der Waals surface area contributed by atoms with Crippen LogP contribution in [0.25, 0.3) is 0 Å².